The van der Waals surface area contributed by atoms with Crippen LogP contribution in [0.1, 0.15) is 17.3 Å². The van der Waals surface area contributed by atoms with Crippen LogP contribution in [0.25, 0.3) is 11.1 Å². The van der Waals surface area contributed by atoms with Crippen LogP contribution in [0.3, 0.4) is 0 Å². The number of carbonyl (C=O) groups excluding carboxylic acids is 1. The van der Waals surface area contributed by atoms with E-state index < -0.39 is 0 Å². The van der Waals surface area contributed by atoms with E-state index in [1.165, 1.54) is 0 Å². The smallest absolute Gasteiger partial charge is 0.252 e. The lowest BCUT2D eigenvalue weighted by atomic mass is 9.99. The molecule has 4 nitrogen and oxygen atoms in total. The molecule has 1 amide bonds. The number of hydrogen-bond acceptors (Lipinski definition) is 3. The summed E-state index contributed by atoms with van der Waals surface area (Å²) in [5.74, 6) is -0.0183. The molecule has 0 saturated carbocycles. The summed E-state index contributed by atoms with van der Waals surface area (Å²) in [6.07, 6.45) is 0. The van der Waals surface area contributed by atoms with Crippen molar-refractivity contribution >= 4 is 5.91 Å². The first-order valence-electron chi connectivity index (χ1n) is 8.49. The lowest BCUT2D eigenvalue weighted by molar-refractivity contribution is 0.0342. The number of benzene rings is 2. The molecule has 2 aromatic carbocycles. The predicted molar refractivity (Wildman–Crippen MR) is 96.1 cm³/mol. The van der Waals surface area contributed by atoms with E-state index >= 15 is 0 Å². The largest absolute Gasteiger partial charge is 0.379 e. The van der Waals surface area contributed by atoms with Gasteiger partial charge in [-0.15, -0.1) is 0 Å². The Morgan fingerprint density at radius 2 is 1.75 bits per heavy atom. The van der Waals surface area contributed by atoms with Crippen LogP contribution in [0.2, 0.25) is 0 Å². The summed E-state index contributed by atoms with van der Waals surface area (Å²) in [7, 11) is 0. The maximum Gasteiger partial charge on any atom is 0.252 e. The topological polar surface area (TPSA) is 41.6 Å². The quantitative estimate of drug-likeness (QED) is 0.919. The van der Waals surface area contributed by atoms with Crippen LogP contribution < -0.4 is 5.32 Å². The molecule has 1 fully saturated rings. The molecule has 0 radical (unpaired) electrons. The van der Waals surface area contributed by atoms with Gasteiger partial charge in [-0.2, -0.15) is 0 Å². The molecular formula is C20H24N2O2. The zero-order chi connectivity index (χ0) is 16.8. The minimum atomic E-state index is -0.0183. The highest BCUT2D eigenvalue weighted by atomic mass is 16.5. The lowest BCUT2D eigenvalue weighted by Crippen LogP contribution is -2.46. The molecule has 1 aliphatic heterocycles. The molecule has 0 bridgehead atoms. The van der Waals surface area contributed by atoms with Crippen LogP contribution in [-0.4, -0.2) is 49.7 Å². The minimum absolute atomic E-state index is 0.0183. The fourth-order valence-electron chi connectivity index (χ4n) is 3.07. The second-order valence-electron chi connectivity index (χ2n) is 6.20. The zero-order valence-corrected chi connectivity index (χ0v) is 14.1. The van der Waals surface area contributed by atoms with E-state index in [-0.39, 0.29) is 11.9 Å². The number of rotatable bonds is 5. The summed E-state index contributed by atoms with van der Waals surface area (Å²) >= 11 is 0. The van der Waals surface area contributed by atoms with Gasteiger partial charge in [0.25, 0.3) is 5.91 Å². The molecule has 1 unspecified atom stereocenters. The average Bonchev–Trinajstić information content (AvgIpc) is 2.63. The van der Waals surface area contributed by atoms with E-state index in [1.54, 1.807) is 0 Å². The van der Waals surface area contributed by atoms with Crippen LogP contribution in [0, 0.1) is 0 Å². The van der Waals surface area contributed by atoms with Crippen molar-refractivity contribution in [3.05, 3.63) is 60.2 Å². The van der Waals surface area contributed by atoms with E-state index in [2.05, 4.69) is 17.1 Å². The van der Waals surface area contributed by atoms with E-state index in [0.29, 0.717) is 0 Å². The van der Waals surface area contributed by atoms with Gasteiger partial charge in [-0.3, -0.25) is 9.69 Å². The first kappa shape index (κ1) is 16.7. The zero-order valence-electron chi connectivity index (χ0n) is 14.1. The number of hydrogen-bond donors (Lipinski definition) is 1. The number of amides is 1. The van der Waals surface area contributed by atoms with Gasteiger partial charge in [0.1, 0.15) is 0 Å². The fourth-order valence-corrected chi connectivity index (χ4v) is 3.07. The number of morpholine rings is 1. The molecule has 24 heavy (non-hydrogen) atoms. The van der Waals surface area contributed by atoms with E-state index in [4.69, 9.17) is 4.74 Å². The maximum absolute atomic E-state index is 12.7. The van der Waals surface area contributed by atoms with Gasteiger partial charge in [-0.1, -0.05) is 48.5 Å². The molecule has 1 N–H and O–H groups in total. The lowest BCUT2D eigenvalue weighted by Gasteiger charge is -2.29. The van der Waals surface area contributed by atoms with Crippen molar-refractivity contribution in [1.82, 2.24) is 10.2 Å². The normalized spacial score (nSPS) is 16.5. The Labute approximate surface area is 143 Å². The molecule has 1 saturated heterocycles. The van der Waals surface area contributed by atoms with Crippen molar-refractivity contribution in [2.45, 2.75) is 13.0 Å². The first-order valence-corrected chi connectivity index (χ1v) is 8.49. The summed E-state index contributed by atoms with van der Waals surface area (Å²) in [5, 5.41) is 3.13. The van der Waals surface area contributed by atoms with Crippen molar-refractivity contribution in [2.24, 2.45) is 0 Å². The third kappa shape index (κ3) is 4.22. The van der Waals surface area contributed by atoms with Crippen molar-refractivity contribution < 1.29 is 9.53 Å². The number of carbonyl (C=O) groups is 1. The molecule has 3 rings (SSSR count). The summed E-state index contributed by atoms with van der Waals surface area (Å²) in [6.45, 7) is 6.32. The van der Waals surface area contributed by atoms with Crippen LogP contribution in [-0.2, 0) is 4.74 Å². The highest BCUT2D eigenvalue weighted by Crippen LogP contribution is 2.23. The second kappa shape index (κ2) is 8.08. The predicted octanol–water partition coefficient (Wildman–Crippen LogP) is 2.80. The molecule has 4 heteroatoms. The van der Waals surface area contributed by atoms with Gasteiger partial charge in [0.05, 0.1) is 13.2 Å². The molecule has 1 aliphatic rings. The van der Waals surface area contributed by atoms with Crippen molar-refractivity contribution in [3.63, 3.8) is 0 Å². The van der Waals surface area contributed by atoms with Crippen LogP contribution >= 0.6 is 0 Å². The Morgan fingerprint density at radius 1 is 1.08 bits per heavy atom. The standard InChI is InChI=1S/C20H24N2O2/c1-16(15-22-11-13-24-14-12-22)21-20(23)19-10-6-5-9-18(19)17-7-3-2-4-8-17/h2-10,16H,11-15H2,1H3,(H,21,23). The van der Waals surface area contributed by atoms with E-state index in [1.807, 2.05) is 54.6 Å². The third-order valence-corrected chi connectivity index (χ3v) is 4.27. The number of ether oxygens (including phenoxy) is 1. The summed E-state index contributed by atoms with van der Waals surface area (Å²) in [5.41, 5.74) is 2.75. The molecule has 1 atom stereocenters. The summed E-state index contributed by atoms with van der Waals surface area (Å²) in [4.78, 5) is 15.1. The van der Waals surface area contributed by atoms with Crippen molar-refractivity contribution in [1.29, 1.82) is 0 Å². The monoisotopic (exact) mass is 324 g/mol. The first-order chi connectivity index (χ1) is 11.7. The Balaban J connectivity index is 1.69. The van der Waals surface area contributed by atoms with Crippen molar-refractivity contribution in [2.75, 3.05) is 32.8 Å². The van der Waals surface area contributed by atoms with Crippen molar-refractivity contribution in [3.8, 4) is 11.1 Å². The van der Waals surface area contributed by atoms with Gasteiger partial charge in [-0.05, 0) is 24.1 Å². The molecule has 0 aliphatic carbocycles. The second-order valence-corrected chi connectivity index (χ2v) is 6.20. The summed E-state index contributed by atoms with van der Waals surface area (Å²) in [6, 6.07) is 17.9. The molecule has 126 valence electrons. The molecule has 0 spiro atoms. The fraction of sp³-hybridized carbons (Fsp3) is 0.350. The van der Waals surface area contributed by atoms with Gasteiger partial charge in [0, 0.05) is 31.2 Å². The van der Waals surface area contributed by atoms with Gasteiger partial charge in [0.15, 0.2) is 0 Å². The number of nitrogens with zero attached hydrogens (tertiary/aromatic N) is 1. The average molecular weight is 324 g/mol. The van der Waals surface area contributed by atoms with Crippen LogP contribution in [0.4, 0.5) is 0 Å². The van der Waals surface area contributed by atoms with E-state index in [9.17, 15) is 4.79 Å². The Bertz CT molecular complexity index is 666. The van der Waals surface area contributed by atoms with Crippen LogP contribution in [0.15, 0.2) is 54.6 Å². The highest BCUT2D eigenvalue weighted by molar-refractivity contribution is 6.01. The van der Waals surface area contributed by atoms with Gasteiger partial charge in [-0.25, -0.2) is 0 Å². The molecule has 2 aromatic rings. The van der Waals surface area contributed by atoms with Gasteiger partial charge >= 0.3 is 0 Å². The highest BCUT2D eigenvalue weighted by Gasteiger charge is 2.17. The van der Waals surface area contributed by atoms with E-state index in [0.717, 1.165) is 49.5 Å². The maximum atomic E-state index is 12.7. The Kier molecular flexibility index (Phi) is 5.62. The Morgan fingerprint density at radius 3 is 2.50 bits per heavy atom. The van der Waals surface area contributed by atoms with Gasteiger partial charge < -0.3 is 10.1 Å². The minimum Gasteiger partial charge on any atom is -0.379 e. The summed E-state index contributed by atoms with van der Waals surface area (Å²) < 4.78 is 5.37. The van der Waals surface area contributed by atoms with Crippen LogP contribution in [0.5, 0.6) is 0 Å². The Hall–Kier alpha value is -2.17. The third-order valence-electron chi connectivity index (χ3n) is 4.27. The number of nitrogens with one attached hydrogen (secondary N) is 1. The molecular weight excluding hydrogens is 300 g/mol. The van der Waals surface area contributed by atoms with Gasteiger partial charge in [0.2, 0.25) is 0 Å². The molecule has 0 aromatic heterocycles. The molecule has 1 heterocycles. The SMILES string of the molecule is CC(CN1CCOCC1)NC(=O)c1ccccc1-c1ccccc1.